The molecule has 1 amide bonds. The second-order valence-electron chi connectivity index (χ2n) is 5.57. The standard InChI is InChI=1S/C17H20N2O3S/c1-12(19-17(20)13(2)23(3,21)22)14-6-8-15(9-7-14)16-5-4-10-18-11-16/h4-13H,1-3H3,(H,19,20)/t12-,13-/m0/s1. The Morgan fingerprint density at radius 3 is 2.26 bits per heavy atom. The van der Waals surface area contributed by atoms with Crippen LogP contribution in [-0.4, -0.2) is 30.8 Å². The molecule has 5 nitrogen and oxygen atoms in total. The van der Waals surface area contributed by atoms with Gasteiger partial charge in [-0.05, 0) is 36.6 Å². The summed E-state index contributed by atoms with van der Waals surface area (Å²) in [4.78, 5) is 16.0. The molecule has 0 radical (unpaired) electrons. The molecule has 0 aliphatic heterocycles. The van der Waals surface area contributed by atoms with Crippen molar-refractivity contribution < 1.29 is 13.2 Å². The number of carbonyl (C=O) groups is 1. The fourth-order valence-corrected chi connectivity index (χ4v) is 2.56. The summed E-state index contributed by atoms with van der Waals surface area (Å²) in [6.07, 6.45) is 4.57. The Kier molecular flexibility index (Phi) is 5.15. The summed E-state index contributed by atoms with van der Waals surface area (Å²) in [7, 11) is -3.39. The van der Waals surface area contributed by atoms with Gasteiger partial charge in [0.2, 0.25) is 5.91 Å². The van der Waals surface area contributed by atoms with Crippen molar-refractivity contribution in [1.82, 2.24) is 10.3 Å². The minimum absolute atomic E-state index is 0.269. The zero-order valence-corrected chi connectivity index (χ0v) is 14.2. The number of benzene rings is 1. The number of hydrogen-bond acceptors (Lipinski definition) is 4. The molecule has 0 fully saturated rings. The first-order valence-corrected chi connectivity index (χ1v) is 9.24. The Bertz CT molecular complexity index is 771. The molecular weight excluding hydrogens is 312 g/mol. The van der Waals surface area contributed by atoms with Crippen LogP contribution in [-0.2, 0) is 14.6 Å². The van der Waals surface area contributed by atoms with E-state index < -0.39 is 21.0 Å². The number of aromatic nitrogens is 1. The predicted octanol–water partition coefficient (Wildman–Crippen LogP) is 2.36. The van der Waals surface area contributed by atoms with Gasteiger partial charge < -0.3 is 5.32 Å². The zero-order valence-electron chi connectivity index (χ0n) is 13.4. The molecule has 0 spiro atoms. The van der Waals surface area contributed by atoms with Crippen molar-refractivity contribution in [3.63, 3.8) is 0 Å². The number of nitrogens with one attached hydrogen (secondary N) is 1. The van der Waals surface area contributed by atoms with Crippen molar-refractivity contribution in [1.29, 1.82) is 0 Å². The van der Waals surface area contributed by atoms with Crippen molar-refractivity contribution in [3.05, 3.63) is 54.4 Å². The summed E-state index contributed by atoms with van der Waals surface area (Å²) in [5.74, 6) is -0.490. The second kappa shape index (κ2) is 6.91. The number of nitrogens with zero attached hydrogens (tertiary/aromatic N) is 1. The lowest BCUT2D eigenvalue weighted by atomic mass is 10.0. The van der Waals surface area contributed by atoms with E-state index in [9.17, 15) is 13.2 Å². The molecule has 23 heavy (non-hydrogen) atoms. The first-order valence-electron chi connectivity index (χ1n) is 7.28. The average Bonchev–Trinajstić information content (AvgIpc) is 2.54. The average molecular weight is 332 g/mol. The van der Waals surface area contributed by atoms with E-state index in [0.717, 1.165) is 22.9 Å². The fraction of sp³-hybridized carbons (Fsp3) is 0.294. The Hall–Kier alpha value is -2.21. The highest BCUT2D eigenvalue weighted by atomic mass is 32.2. The number of amides is 1. The number of hydrogen-bond donors (Lipinski definition) is 1. The van der Waals surface area contributed by atoms with Crippen LogP contribution in [0.3, 0.4) is 0 Å². The molecule has 2 atom stereocenters. The third-order valence-electron chi connectivity index (χ3n) is 3.78. The molecule has 1 N–H and O–H groups in total. The van der Waals surface area contributed by atoms with Gasteiger partial charge in [0.1, 0.15) is 5.25 Å². The summed E-state index contributed by atoms with van der Waals surface area (Å²) in [6, 6.07) is 11.3. The highest BCUT2D eigenvalue weighted by Gasteiger charge is 2.24. The summed E-state index contributed by atoms with van der Waals surface area (Å²) in [5.41, 5.74) is 2.96. The molecule has 1 aromatic heterocycles. The summed E-state index contributed by atoms with van der Waals surface area (Å²) < 4.78 is 22.9. The molecule has 0 bridgehead atoms. The Labute approximate surface area is 136 Å². The lowest BCUT2D eigenvalue weighted by molar-refractivity contribution is -0.121. The molecule has 0 aliphatic carbocycles. The molecule has 0 saturated carbocycles. The van der Waals surface area contributed by atoms with Crippen LogP contribution in [0.5, 0.6) is 0 Å². The Morgan fingerprint density at radius 1 is 1.09 bits per heavy atom. The van der Waals surface area contributed by atoms with E-state index in [0.29, 0.717) is 0 Å². The van der Waals surface area contributed by atoms with E-state index in [2.05, 4.69) is 10.3 Å². The van der Waals surface area contributed by atoms with Crippen LogP contribution in [0.4, 0.5) is 0 Å². The third-order valence-corrected chi connectivity index (χ3v) is 5.27. The van der Waals surface area contributed by atoms with Crippen LogP contribution in [0, 0.1) is 0 Å². The molecule has 6 heteroatoms. The zero-order chi connectivity index (χ0) is 17.0. The number of rotatable bonds is 5. The monoisotopic (exact) mass is 332 g/mol. The maximum absolute atomic E-state index is 12.0. The van der Waals surface area contributed by atoms with Gasteiger partial charge in [-0.2, -0.15) is 0 Å². The molecule has 0 aliphatic rings. The fourth-order valence-electron chi connectivity index (χ4n) is 2.11. The Morgan fingerprint density at radius 2 is 1.74 bits per heavy atom. The third kappa shape index (κ3) is 4.39. The van der Waals surface area contributed by atoms with E-state index >= 15 is 0 Å². The second-order valence-corrected chi connectivity index (χ2v) is 7.93. The summed E-state index contributed by atoms with van der Waals surface area (Å²) >= 11 is 0. The van der Waals surface area contributed by atoms with Crippen molar-refractivity contribution in [2.24, 2.45) is 0 Å². The predicted molar refractivity (Wildman–Crippen MR) is 90.5 cm³/mol. The quantitative estimate of drug-likeness (QED) is 0.912. The summed E-state index contributed by atoms with van der Waals surface area (Å²) in [5, 5.41) is 1.68. The van der Waals surface area contributed by atoms with Crippen LogP contribution < -0.4 is 5.32 Å². The van der Waals surface area contributed by atoms with Crippen molar-refractivity contribution in [3.8, 4) is 11.1 Å². The highest BCUT2D eigenvalue weighted by Crippen LogP contribution is 2.21. The lowest BCUT2D eigenvalue weighted by Gasteiger charge is -2.17. The van der Waals surface area contributed by atoms with Gasteiger partial charge in [-0.1, -0.05) is 30.3 Å². The minimum Gasteiger partial charge on any atom is -0.348 e. The van der Waals surface area contributed by atoms with E-state index in [1.54, 1.807) is 12.4 Å². The van der Waals surface area contributed by atoms with Gasteiger partial charge in [0.05, 0.1) is 6.04 Å². The van der Waals surface area contributed by atoms with E-state index in [-0.39, 0.29) is 6.04 Å². The molecule has 1 aromatic carbocycles. The maximum atomic E-state index is 12.0. The van der Waals surface area contributed by atoms with Crippen LogP contribution in [0.1, 0.15) is 25.5 Å². The smallest absolute Gasteiger partial charge is 0.238 e. The number of pyridine rings is 1. The van der Waals surface area contributed by atoms with Gasteiger partial charge >= 0.3 is 0 Å². The molecule has 1 heterocycles. The Balaban J connectivity index is 2.09. The topological polar surface area (TPSA) is 76.1 Å². The molecule has 0 saturated heterocycles. The van der Waals surface area contributed by atoms with E-state index in [4.69, 9.17) is 0 Å². The molecule has 2 aromatic rings. The molecular formula is C17H20N2O3S. The highest BCUT2D eigenvalue weighted by molar-refractivity contribution is 7.92. The van der Waals surface area contributed by atoms with Gasteiger partial charge in [0.15, 0.2) is 9.84 Å². The normalized spacial score (nSPS) is 14.0. The van der Waals surface area contributed by atoms with Gasteiger partial charge in [-0.25, -0.2) is 8.42 Å². The van der Waals surface area contributed by atoms with Crippen LogP contribution >= 0.6 is 0 Å². The van der Waals surface area contributed by atoms with E-state index in [1.165, 1.54) is 6.92 Å². The van der Waals surface area contributed by atoms with Gasteiger partial charge in [-0.15, -0.1) is 0 Å². The van der Waals surface area contributed by atoms with Crippen molar-refractivity contribution >= 4 is 15.7 Å². The first kappa shape index (κ1) is 17.1. The molecule has 2 rings (SSSR count). The SMILES string of the molecule is C[C@H](NC(=O)[C@H](C)S(C)(=O)=O)c1ccc(-c2cccnc2)cc1. The van der Waals surface area contributed by atoms with Gasteiger partial charge in [0, 0.05) is 18.6 Å². The molecule has 122 valence electrons. The molecule has 0 unspecified atom stereocenters. The maximum Gasteiger partial charge on any atom is 0.238 e. The van der Waals surface area contributed by atoms with Crippen molar-refractivity contribution in [2.45, 2.75) is 25.1 Å². The van der Waals surface area contributed by atoms with Crippen LogP contribution in [0.25, 0.3) is 11.1 Å². The van der Waals surface area contributed by atoms with Gasteiger partial charge in [0.25, 0.3) is 0 Å². The van der Waals surface area contributed by atoms with Crippen LogP contribution in [0.15, 0.2) is 48.8 Å². The first-order chi connectivity index (χ1) is 10.8. The lowest BCUT2D eigenvalue weighted by Crippen LogP contribution is -2.38. The van der Waals surface area contributed by atoms with Crippen molar-refractivity contribution in [2.75, 3.05) is 6.26 Å². The summed E-state index contributed by atoms with van der Waals surface area (Å²) in [6.45, 7) is 3.22. The van der Waals surface area contributed by atoms with Gasteiger partial charge in [-0.3, -0.25) is 9.78 Å². The number of carbonyl (C=O) groups excluding carboxylic acids is 1. The number of sulfone groups is 1. The largest absolute Gasteiger partial charge is 0.348 e. The van der Waals surface area contributed by atoms with E-state index in [1.807, 2.05) is 43.3 Å². The van der Waals surface area contributed by atoms with Crippen LogP contribution in [0.2, 0.25) is 0 Å². The minimum atomic E-state index is -3.39.